The Hall–Kier alpha value is -5.55. The van der Waals surface area contributed by atoms with Crippen molar-refractivity contribution in [3.05, 3.63) is 81.8 Å². The van der Waals surface area contributed by atoms with Crippen molar-refractivity contribution >= 4 is 70.9 Å². The molecule has 5 aromatic rings. The number of amides is 1. The number of carbonyl (C=O) groups excluding carboxylic acids is 1. The molecule has 10 atom stereocenters. The molecule has 67 heavy (non-hydrogen) atoms. The number of carbonyl (C=O) groups is 1. The summed E-state index contributed by atoms with van der Waals surface area (Å²) >= 11 is 0. The Kier molecular flexibility index (Phi) is 11.5. The maximum atomic E-state index is 13.0. The third-order valence-electron chi connectivity index (χ3n) is 15.3. The van der Waals surface area contributed by atoms with E-state index in [0.717, 1.165) is 16.7 Å². The van der Waals surface area contributed by atoms with E-state index in [1.54, 1.807) is 19.0 Å². The van der Waals surface area contributed by atoms with E-state index >= 15 is 0 Å². The molecule has 358 valence electrons. The Morgan fingerprint density at radius 3 is 1.60 bits per heavy atom. The van der Waals surface area contributed by atoms with Crippen molar-refractivity contribution in [1.82, 2.24) is 53.9 Å². The van der Waals surface area contributed by atoms with Gasteiger partial charge < -0.3 is 54.6 Å². The standard InChI is InChI=1S/C42H61N15O7Si3/c1-19-22(13-58)28(10-25(19)55-16-46-31-34(55)49-40(43)52-37(31)60)65(4,5)63-15-24-21(3)27(57-18-48-33-36(57)51-42(45)54-39(33)62)12-30(24)67(8,9)64-66(6,7)29-11-26(20(2)23(29)14-59)56-17-47-32-35(56)50-41(44)53-38(32)61/h16-18,22-30,40,49,58-59H,1-3,10-15,43H2,4-9H3,(H,52,60)(H3,44,50,53,61)(H3,45,51,54,62)/t22-,23-,24-,25-,26-,27-,28-,29-,30-,40?/m0/s1. The van der Waals surface area contributed by atoms with E-state index in [1.807, 2.05) is 13.7 Å². The molecule has 25 heteroatoms. The molecule has 3 aliphatic carbocycles. The molecule has 0 saturated heterocycles. The highest BCUT2D eigenvalue weighted by Crippen LogP contribution is 2.58. The fourth-order valence-corrected chi connectivity index (χ4v) is 25.6. The van der Waals surface area contributed by atoms with Crippen LogP contribution in [0.25, 0.3) is 22.3 Å². The van der Waals surface area contributed by atoms with Crippen molar-refractivity contribution in [2.24, 2.45) is 23.5 Å². The number of aromatic nitrogens is 10. The van der Waals surface area contributed by atoms with Gasteiger partial charge in [0.2, 0.25) is 11.9 Å². The minimum absolute atomic E-state index is 0.0154. The van der Waals surface area contributed by atoms with Crippen LogP contribution in [-0.4, -0.2) is 116 Å². The number of hydrogen-bond donors (Lipinski definition) is 9. The number of aliphatic hydroxyl groups is 2. The molecule has 9 rings (SSSR count). The molecule has 12 N–H and O–H groups in total. The summed E-state index contributed by atoms with van der Waals surface area (Å²) < 4.78 is 20.5. The quantitative estimate of drug-likeness (QED) is 0.0605. The largest absolute Gasteiger partial charge is 0.455 e. The van der Waals surface area contributed by atoms with Crippen molar-refractivity contribution in [1.29, 1.82) is 0 Å². The van der Waals surface area contributed by atoms with Gasteiger partial charge in [-0.3, -0.25) is 30.1 Å². The summed E-state index contributed by atoms with van der Waals surface area (Å²) in [6.45, 7) is 27.0. The predicted octanol–water partition coefficient (Wildman–Crippen LogP) is 2.81. The lowest BCUT2D eigenvalue weighted by Gasteiger charge is -2.44. The van der Waals surface area contributed by atoms with E-state index in [1.165, 1.54) is 0 Å². The number of nitrogen functional groups attached to an aromatic ring is 2. The summed E-state index contributed by atoms with van der Waals surface area (Å²) in [5, 5.41) is 27.6. The van der Waals surface area contributed by atoms with Crippen LogP contribution in [0.4, 0.5) is 17.7 Å². The van der Waals surface area contributed by atoms with Crippen LogP contribution in [0.15, 0.2) is 65.0 Å². The highest BCUT2D eigenvalue weighted by molar-refractivity contribution is 6.86. The molecule has 5 aromatic heterocycles. The second-order valence-electron chi connectivity index (χ2n) is 20.2. The first-order valence-electron chi connectivity index (χ1n) is 22.5. The van der Waals surface area contributed by atoms with Crippen molar-refractivity contribution in [2.45, 2.75) is 99.6 Å². The lowest BCUT2D eigenvalue weighted by molar-refractivity contribution is 0.0932. The van der Waals surface area contributed by atoms with E-state index in [9.17, 15) is 24.6 Å². The van der Waals surface area contributed by atoms with E-state index in [-0.39, 0.29) is 100 Å². The Morgan fingerprint density at radius 2 is 1.10 bits per heavy atom. The lowest BCUT2D eigenvalue weighted by Crippen LogP contribution is -2.52. The SMILES string of the molecule is C=C1[C@H](CO)[C@@H]([Si](C)(C)OC[C@H]2C(=C)[C@@H](n3cnc4c(=O)[nH]c(N)nc43)C[C@@H]2[Si](C)(C)O[Si](C)(C)[C@H]2C[C@H](n3cnc4c(=O)[nH]c(N)nc43)C(=C)[C@@H]2CO)C[C@@H]1n1cnc2c1NC(N)NC2=O. The zero-order valence-corrected chi connectivity index (χ0v) is 41.6. The summed E-state index contributed by atoms with van der Waals surface area (Å²) in [4.78, 5) is 65.6. The molecule has 3 fully saturated rings. The average molecular weight is 972 g/mol. The van der Waals surface area contributed by atoms with Crippen LogP contribution in [0.1, 0.15) is 47.9 Å². The Balaban J connectivity index is 1.01. The smallest absolute Gasteiger partial charge is 0.280 e. The second kappa shape index (κ2) is 16.6. The van der Waals surface area contributed by atoms with Crippen LogP contribution in [0, 0.1) is 17.8 Å². The van der Waals surface area contributed by atoms with Crippen molar-refractivity contribution in [3.63, 3.8) is 0 Å². The van der Waals surface area contributed by atoms with Gasteiger partial charge in [0.05, 0.1) is 37.1 Å². The van der Waals surface area contributed by atoms with E-state index < -0.39 is 42.4 Å². The number of fused-ring (bicyclic) bond motifs is 3. The molecule has 6 heterocycles. The molecule has 1 amide bonds. The maximum Gasteiger partial charge on any atom is 0.280 e. The van der Waals surface area contributed by atoms with Gasteiger partial charge in [-0.25, -0.2) is 15.0 Å². The molecule has 0 spiro atoms. The predicted molar refractivity (Wildman–Crippen MR) is 260 cm³/mol. The molecule has 1 unspecified atom stereocenters. The van der Waals surface area contributed by atoms with Gasteiger partial charge in [-0.15, -0.1) is 0 Å². The number of nitrogens with zero attached hydrogens (tertiary/aromatic N) is 8. The molecular weight excluding hydrogens is 911 g/mol. The summed E-state index contributed by atoms with van der Waals surface area (Å²) in [6.07, 6.45) is 5.88. The number of aromatic amines is 2. The number of nitrogens with two attached hydrogens (primary N) is 3. The van der Waals surface area contributed by atoms with Gasteiger partial charge in [0.1, 0.15) is 5.82 Å². The van der Waals surface area contributed by atoms with Crippen LogP contribution in [0.5, 0.6) is 0 Å². The van der Waals surface area contributed by atoms with Crippen LogP contribution in [-0.2, 0) is 8.54 Å². The maximum absolute atomic E-state index is 13.0. The average Bonchev–Trinajstić information content (AvgIpc) is 4.10. The highest BCUT2D eigenvalue weighted by Gasteiger charge is 2.56. The zero-order valence-electron chi connectivity index (χ0n) is 38.6. The normalized spacial score (nSPS) is 28.2. The van der Waals surface area contributed by atoms with Crippen LogP contribution < -0.4 is 39.0 Å². The van der Waals surface area contributed by atoms with Crippen LogP contribution in [0.2, 0.25) is 55.9 Å². The van der Waals surface area contributed by atoms with Gasteiger partial charge in [0.15, 0.2) is 59.3 Å². The molecule has 0 bridgehead atoms. The first-order chi connectivity index (χ1) is 31.6. The Labute approximate surface area is 388 Å². The number of H-pyrrole nitrogens is 2. The topological polar surface area (TPSA) is 323 Å². The zero-order chi connectivity index (χ0) is 48.2. The molecular formula is C42H61N15O7Si3. The summed E-state index contributed by atoms with van der Waals surface area (Å²) in [6, 6.07) is -0.879. The van der Waals surface area contributed by atoms with Gasteiger partial charge in [0.25, 0.3) is 17.0 Å². The summed E-state index contributed by atoms with van der Waals surface area (Å²) in [7, 11) is -8.24. The molecule has 22 nitrogen and oxygen atoms in total. The number of aliphatic hydroxyl groups excluding tert-OH is 2. The summed E-state index contributed by atoms with van der Waals surface area (Å²) in [5.41, 5.74) is 21.0. The van der Waals surface area contributed by atoms with Crippen molar-refractivity contribution in [2.75, 3.05) is 36.6 Å². The van der Waals surface area contributed by atoms with E-state index in [0.29, 0.717) is 43.0 Å². The van der Waals surface area contributed by atoms with Gasteiger partial charge in [-0.1, -0.05) is 19.7 Å². The van der Waals surface area contributed by atoms with Crippen LogP contribution >= 0.6 is 0 Å². The van der Waals surface area contributed by atoms with Crippen molar-refractivity contribution < 1.29 is 23.5 Å². The fraction of sp³-hybridized carbons (Fsp3) is 0.524. The van der Waals surface area contributed by atoms with Gasteiger partial charge >= 0.3 is 0 Å². The van der Waals surface area contributed by atoms with E-state index in [2.05, 4.69) is 98.0 Å². The lowest BCUT2D eigenvalue weighted by atomic mass is 10.0. The molecule has 4 aliphatic rings. The minimum Gasteiger partial charge on any atom is -0.455 e. The second-order valence-corrected chi connectivity index (χ2v) is 33.2. The number of nitrogens with one attached hydrogen (secondary N) is 4. The number of anilines is 3. The number of imidazole rings is 3. The summed E-state index contributed by atoms with van der Waals surface area (Å²) in [5.74, 6) is -0.623. The van der Waals surface area contributed by atoms with Gasteiger partial charge in [-0.2, -0.15) is 9.97 Å². The number of hydrogen-bond acceptors (Lipinski definition) is 16. The molecule has 3 saturated carbocycles. The third-order valence-corrected chi connectivity index (χ3v) is 27.7. The minimum atomic E-state index is -2.79. The van der Waals surface area contributed by atoms with Gasteiger partial charge in [0, 0.05) is 37.6 Å². The first kappa shape index (κ1) is 46.6. The molecule has 0 aromatic carbocycles. The molecule has 0 radical (unpaired) electrons. The monoisotopic (exact) mass is 971 g/mol. The fourth-order valence-electron chi connectivity index (χ4n) is 12.0. The van der Waals surface area contributed by atoms with E-state index in [4.69, 9.17) is 32.3 Å². The molecule has 1 aliphatic heterocycles. The van der Waals surface area contributed by atoms with Crippen molar-refractivity contribution in [3.8, 4) is 0 Å². The third kappa shape index (κ3) is 7.73. The Bertz CT molecular complexity index is 2960. The Morgan fingerprint density at radius 1 is 0.672 bits per heavy atom. The highest BCUT2D eigenvalue weighted by atomic mass is 28.4. The van der Waals surface area contributed by atoms with Gasteiger partial charge in [-0.05, 0) is 91.9 Å². The first-order valence-corrected chi connectivity index (χ1v) is 31.5. The number of rotatable bonds is 13. The van der Waals surface area contributed by atoms with Crippen LogP contribution in [0.3, 0.4) is 0 Å².